The van der Waals surface area contributed by atoms with Gasteiger partial charge >= 0.3 is 0 Å². The number of carbonyl (C=O) groups is 4. The summed E-state index contributed by atoms with van der Waals surface area (Å²) in [5.74, 6) is -0.272. The molecular weight excluding hydrogens is 651 g/mol. The molecule has 0 aliphatic heterocycles. The van der Waals surface area contributed by atoms with Crippen molar-refractivity contribution in [1.29, 1.82) is 0 Å². The standard InChI is InChI=1S/C40H35N3O6S/c1-26(44)28-15-17-31(18-16-28)42-40(47)37(29-10-6-4-7-11-29)50-33-21-19-32(20-22-33)41-39(46)34(43-38(45)30-12-8-5-9-13-30)24-27-14-23-35(48-2)36(25-27)49-3/h4-25,37H,1-3H3,(H,41,46)(H,42,47)(H,43,45)/b34-24-. The molecule has 0 saturated heterocycles. The van der Waals surface area contributed by atoms with Crippen LogP contribution in [0.5, 0.6) is 11.5 Å². The van der Waals surface area contributed by atoms with E-state index < -0.39 is 17.1 Å². The number of amides is 3. The largest absolute Gasteiger partial charge is 0.493 e. The summed E-state index contributed by atoms with van der Waals surface area (Å²) in [6, 6.07) is 37.0. The molecule has 50 heavy (non-hydrogen) atoms. The Morgan fingerprint density at radius 3 is 1.88 bits per heavy atom. The van der Waals surface area contributed by atoms with E-state index in [9.17, 15) is 19.2 Å². The number of hydrogen-bond donors (Lipinski definition) is 3. The summed E-state index contributed by atoms with van der Waals surface area (Å²) in [4.78, 5) is 52.7. The van der Waals surface area contributed by atoms with Crippen LogP contribution in [0.3, 0.4) is 0 Å². The third-order valence-corrected chi connectivity index (χ3v) is 8.78. The van der Waals surface area contributed by atoms with Crippen LogP contribution in [-0.4, -0.2) is 37.7 Å². The van der Waals surface area contributed by atoms with Crippen molar-refractivity contribution in [2.75, 3.05) is 24.9 Å². The molecule has 3 N–H and O–H groups in total. The second-order valence-electron chi connectivity index (χ2n) is 11.0. The number of benzene rings is 5. The second kappa shape index (κ2) is 16.8. The maximum atomic E-state index is 13.6. The summed E-state index contributed by atoms with van der Waals surface area (Å²) in [6.07, 6.45) is 1.55. The molecule has 9 nitrogen and oxygen atoms in total. The van der Waals surface area contributed by atoms with E-state index in [-0.39, 0.29) is 17.4 Å². The number of ketones is 1. The van der Waals surface area contributed by atoms with Crippen LogP contribution in [0.25, 0.3) is 6.08 Å². The van der Waals surface area contributed by atoms with Crippen molar-refractivity contribution in [2.24, 2.45) is 0 Å². The molecule has 0 heterocycles. The van der Waals surface area contributed by atoms with E-state index in [0.29, 0.717) is 39.6 Å². The Kier molecular flexibility index (Phi) is 11.8. The van der Waals surface area contributed by atoms with E-state index in [0.717, 1.165) is 10.5 Å². The third-order valence-electron chi connectivity index (χ3n) is 7.51. The fourth-order valence-electron chi connectivity index (χ4n) is 4.90. The zero-order chi connectivity index (χ0) is 35.5. The monoisotopic (exact) mass is 685 g/mol. The summed E-state index contributed by atoms with van der Waals surface area (Å²) in [5.41, 5.74) is 3.45. The van der Waals surface area contributed by atoms with Gasteiger partial charge in [0, 0.05) is 27.4 Å². The van der Waals surface area contributed by atoms with Gasteiger partial charge < -0.3 is 25.4 Å². The minimum atomic E-state index is -0.589. The van der Waals surface area contributed by atoms with Crippen molar-refractivity contribution < 1.29 is 28.7 Å². The van der Waals surface area contributed by atoms with E-state index in [1.54, 1.807) is 91.0 Å². The van der Waals surface area contributed by atoms with Gasteiger partial charge in [-0.05, 0) is 96.9 Å². The summed E-state index contributed by atoms with van der Waals surface area (Å²) in [6.45, 7) is 1.49. The van der Waals surface area contributed by atoms with Gasteiger partial charge in [-0.2, -0.15) is 0 Å². The summed E-state index contributed by atoms with van der Waals surface area (Å²) in [5, 5.41) is 7.96. The van der Waals surface area contributed by atoms with Crippen molar-refractivity contribution in [2.45, 2.75) is 17.1 Å². The molecule has 3 amide bonds. The van der Waals surface area contributed by atoms with Crippen molar-refractivity contribution in [3.05, 3.63) is 155 Å². The molecule has 1 unspecified atom stereocenters. The Labute approximate surface area is 294 Å². The maximum absolute atomic E-state index is 13.6. The zero-order valence-corrected chi connectivity index (χ0v) is 28.5. The van der Waals surface area contributed by atoms with Gasteiger partial charge in [0.05, 0.1) is 14.2 Å². The number of Topliss-reactive ketones (excluding diaryl/α,β-unsaturated/α-hetero) is 1. The highest BCUT2D eigenvalue weighted by molar-refractivity contribution is 8.00. The van der Waals surface area contributed by atoms with Crippen LogP contribution in [0.15, 0.2) is 138 Å². The van der Waals surface area contributed by atoms with Crippen LogP contribution in [-0.2, 0) is 9.59 Å². The Morgan fingerprint density at radius 2 is 1.26 bits per heavy atom. The molecule has 0 bridgehead atoms. The van der Waals surface area contributed by atoms with Crippen LogP contribution < -0.4 is 25.4 Å². The van der Waals surface area contributed by atoms with E-state index in [2.05, 4.69) is 16.0 Å². The van der Waals surface area contributed by atoms with Gasteiger partial charge in [0.25, 0.3) is 11.8 Å². The van der Waals surface area contributed by atoms with E-state index >= 15 is 0 Å². The molecule has 5 aromatic carbocycles. The number of anilines is 2. The van der Waals surface area contributed by atoms with Gasteiger partial charge in [0.2, 0.25) is 5.91 Å². The fraction of sp³-hybridized carbons (Fsp3) is 0.100. The highest BCUT2D eigenvalue weighted by Crippen LogP contribution is 2.37. The molecule has 252 valence electrons. The average molecular weight is 686 g/mol. The number of ether oxygens (including phenoxy) is 2. The van der Waals surface area contributed by atoms with Gasteiger partial charge in [0.1, 0.15) is 10.9 Å². The molecule has 0 aromatic heterocycles. The Morgan fingerprint density at radius 1 is 0.660 bits per heavy atom. The average Bonchev–Trinajstić information content (AvgIpc) is 3.15. The topological polar surface area (TPSA) is 123 Å². The normalized spacial score (nSPS) is 11.5. The highest BCUT2D eigenvalue weighted by Gasteiger charge is 2.23. The lowest BCUT2D eigenvalue weighted by molar-refractivity contribution is -0.116. The molecule has 5 aromatic rings. The van der Waals surface area contributed by atoms with Gasteiger partial charge in [-0.3, -0.25) is 19.2 Å². The van der Waals surface area contributed by atoms with Crippen LogP contribution in [0.2, 0.25) is 0 Å². The van der Waals surface area contributed by atoms with Crippen LogP contribution >= 0.6 is 11.8 Å². The first-order valence-electron chi connectivity index (χ1n) is 15.6. The molecule has 5 rings (SSSR count). The second-order valence-corrected chi connectivity index (χ2v) is 12.2. The molecule has 0 aliphatic rings. The number of nitrogens with one attached hydrogen (secondary N) is 3. The first kappa shape index (κ1) is 35.2. The predicted molar refractivity (Wildman–Crippen MR) is 197 cm³/mol. The van der Waals surface area contributed by atoms with Gasteiger partial charge in [0.15, 0.2) is 17.3 Å². The molecule has 0 radical (unpaired) electrons. The Balaban J connectivity index is 1.34. The smallest absolute Gasteiger partial charge is 0.272 e. The Bertz CT molecular complexity index is 2000. The first-order valence-corrected chi connectivity index (χ1v) is 16.5. The number of carbonyl (C=O) groups excluding carboxylic acids is 4. The predicted octanol–water partition coefficient (Wildman–Crippen LogP) is 7.79. The highest BCUT2D eigenvalue weighted by atomic mass is 32.2. The van der Waals surface area contributed by atoms with Gasteiger partial charge in [-0.15, -0.1) is 11.8 Å². The van der Waals surface area contributed by atoms with Crippen LogP contribution in [0, 0.1) is 0 Å². The number of hydrogen-bond acceptors (Lipinski definition) is 7. The molecular formula is C40H35N3O6S. The maximum Gasteiger partial charge on any atom is 0.272 e. The fourth-order valence-corrected chi connectivity index (χ4v) is 5.92. The zero-order valence-electron chi connectivity index (χ0n) is 27.6. The molecule has 0 spiro atoms. The SMILES string of the molecule is COc1ccc(/C=C(\NC(=O)c2ccccc2)C(=O)Nc2ccc(SC(C(=O)Nc3ccc(C(C)=O)cc3)c3ccccc3)cc2)cc1OC. The first-order chi connectivity index (χ1) is 24.2. The molecule has 1 atom stereocenters. The lowest BCUT2D eigenvalue weighted by Gasteiger charge is -2.18. The minimum Gasteiger partial charge on any atom is -0.493 e. The van der Waals surface area contributed by atoms with Gasteiger partial charge in [-0.25, -0.2) is 0 Å². The molecule has 0 fully saturated rings. The summed E-state index contributed by atoms with van der Waals surface area (Å²) in [7, 11) is 3.05. The van der Waals surface area contributed by atoms with Crippen molar-refractivity contribution in [1.82, 2.24) is 5.32 Å². The van der Waals surface area contributed by atoms with E-state index in [1.807, 2.05) is 42.5 Å². The summed E-state index contributed by atoms with van der Waals surface area (Å²) < 4.78 is 10.7. The van der Waals surface area contributed by atoms with Crippen molar-refractivity contribution >= 4 is 52.7 Å². The van der Waals surface area contributed by atoms with Crippen molar-refractivity contribution in [3.63, 3.8) is 0 Å². The summed E-state index contributed by atoms with van der Waals surface area (Å²) >= 11 is 1.36. The lowest BCUT2D eigenvalue weighted by atomic mass is 10.1. The molecule has 0 saturated carbocycles. The third kappa shape index (κ3) is 9.27. The van der Waals surface area contributed by atoms with Crippen molar-refractivity contribution in [3.8, 4) is 11.5 Å². The van der Waals surface area contributed by atoms with Gasteiger partial charge in [-0.1, -0.05) is 54.6 Å². The molecule has 10 heteroatoms. The molecule has 0 aliphatic carbocycles. The van der Waals surface area contributed by atoms with E-state index in [4.69, 9.17) is 9.47 Å². The quantitative estimate of drug-likeness (QED) is 0.0657. The Hall–Kier alpha value is -6.13. The number of rotatable bonds is 13. The minimum absolute atomic E-state index is 0.0154. The lowest BCUT2D eigenvalue weighted by Crippen LogP contribution is -2.30. The number of thioether (sulfide) groups is 1. The number of methoxy groups -OCH3 is 2. The van der Waals surface area contributed by atoms with E-state index in [1.165, 1.54) is 32.9 Å². The van der Waals surface area contributed by atoms with Crippen LogP contribution in [0.1, 0.15) is 44.0 Å². The van der Waals surface area contributed by atoms with Crippen LogP contribution in [0.4, 0.5) is 11.4 Å².